The molecule has 2 amide bonds. The number of ether oxygens (including phenoxy) is 1. The van der Waals surface area contributed by atoms with E-state index in [9.17, 15) is 14.7 Å². The van der Waals surface area contributed by atoms with Crippen LogP contribution in [0.1, 0.15) is 10.4 Å². The molecule has 0 aromatic heterocycles. The van der Waals surface area contributed by atoms with Gasteiger partial charge in [-0.25, -0.2) is 0 Å². The van der Waals surface area contributed by atoms with E-state index in [0.29, 0.717) is 17.6 Å². The smallest absolute Gasteiger partial charge is 0.257 e. The van der Waals surface area contributed by atoms with Crippen LogP contribution in [-0.2, 0) is 9.53 Å². The number of aromatic hydroxyl groups is 1. The van der Waals surface area contributed by atoms with Crippen molar-refractivity contribution in [2.45, 2.75) is 0 Å². The number of halogens is 1. The lowest BCUT2D eigenvalue weighted by Crippen LogP contribution is -2.39. The predicted octanol–water partition coefficient (Wildman–Crippen LogP) is 0.989. The molecule has 0 aliphatic heterocycles. The molecule has 0 aliphatic rings. The zero-order valence-corrected chi connectivity index (χ0v) is 12.9. The minimum atomic E-state index is -0.420. The third-order valence-corrected chi connectivity index (χ3v) is 3.04. The number of benzene rings is 1. The summed E-state index contributed by atoms with van der Waals surface area (Å²) in [6.45, 7) is 0.718. The van der Waals surface area contributed by atoms with Crippen LogP contribution < -0.4 is 5.32 Å². The van der Waals surface area contributed by atoms with Gasteiger partial charge >= 0.3 is 0 Å². The summed E-state index contributed by atoms with van der Waals surface area (Å²) in [6, 6.07) is 4.58. The fraction of sp³-hybridized carbons (Fsp3) is 0.385. The third kappa shape index (κ3) is 4.82. The largest absolute Gasteiger partial charge is 0.507 e. The molecule has 0 heterocycles. The molecular formula is C13H17BrN2O4. The van der Waals surface area contributed by atoms with Gasteiger partial charge in [-0.3, -0.25) is 9.59 Å². The predicted molar refractivity (Wildman–Crippen MR) is 77.7 cm³/mol. The molecule has 2 N–H and O–H groups in total. The number of phenolic OH excluding ortho intramolecular Hbond substituents is 1. The van der Waals surface area contributed by atoms with Crippen LogP contribution in [0.4, 0.5) is 0 Å². The standard InChI is InChI=1S/C13H17BrN2O4/c1-16(8-12(18)15-5-6-20-2)13(19)10-4-3-9(14)7-11(10)17/h3-4,7,17H,5-6,8H2,1-2H3,(H,15,18). The van der Waals surface area contributed by atoms with E-state index in [2.05, 4.69) is 21.2 Å². The second kappa shape index (κ2) is 7.86. The van der Waals surface area contributed by atoms with Crippen LogP contribution in [0.25, 0.3) is 0 Å². The molecule has 20 heavy (non-hydrogen) atoms. The Kier molecular flexibility index (Phi) is 6.47. The molecule has 0 fully saturated rings. The van der Waals surface area contributed by atoms with E-state index in [1.165, 1.54) is 31.2 Å². The van der Waals surface area contributed by atoms with E-state index in [4.69, 9.17) is 4.74 Å². The number of amides is 2. The van der Waals surface area contributed by atoms with Crippen molar-refractivity contribution in [1.29, 1.82) is 0 Å². The molecule has 1 aromatic rings. The minimum absolute atomic E-state index is 0.0853. The van der Waals surface area contributed by atoms with Gasteiger partial charge in [-0.2, -0.15) is 0 Å². The first-order valence-corrected chi connectivity index (χ1v) is 6.74. The Morgan fingerprint density at radius 2 is 2.15 bits per heavy atom. The highest BCUT2D eigenvalue weighted by Gasteiger charge is 2.18. The number of likely N-dealkylation sites (N-methyl/N-ethyl adjacent to an activating group) is 1. The summed E-state index contributed by atoms with van der Waals surface area (Å²) in [5.41, 5.74) is 0.153. The normalized spacial score (nSPS) is 10.2. The van der Waals surface area contributed by atoms with Gasteiger partial charge in [0.1, 0.15) is 5.75 Å². The van der Waals surface area contributed by atoms with Crippen molar-refractivity contribution >= 4 is 27.7 Å². The first-order chi connectivity index (χ1) is 9.45. The van der Waals surface area contributed by atoms with Crippen LogP contribution in [-0.4, -0.2) is 55.7 Å². The van der Waals surface area contributed by atoms with E-state index in [1.807, 2.05) is 0 Å². The van der Waals surface area contributed by atoms with Gasteiger partial charge in [-0.1, -0.05) is 15.9 Å². The first-order valence-electron chi connectivity index (χ1n) is 5.95. The fourth-order valence-corrected chi connectivity index (χ4v) is 1.88. The third-order valence-electron chi connectivity index (χ3n) is 2.55. The van der Waals surface area contributed by atoms with Gasteiger partial charge < -0.3 is 20.1 Å². The van der Waals surface area contributed by atoms with E-state index in [0.717, 1.165) is 0 Å². The topological polar surface area (TPSA) is 78.9 Å². The van der Waals surface area contributed by atoms with E-state index in [-0.39, 0.29) is 23.8 Å². The van der Waals surface area contributed by atoms with Crippen molar-refractivity contribution in [2.24, 2.45) is 0 Å². The lowest BCUT2D eigenvalue weighted by molar-refractivity contribution is -0.121. The van der Waals surface area contributed by atoms with Crippen molar-refractivity contribution in [3.63, 3.8) is 0 Å². The highest BCUT2D eigenvalue weighted by atomic mass is 79.9. The molecule has 0 atom stereocenters. The Balaban J connectivity index is 2.60. The summed E-state index contributed by atoms with van der Waals surface area (Å²) >= 11 is 3.20. The molecule has 6 nitrogen and oxygen atoms in total. The Hall–Kier alpha value is -1.60. The van der Waals surface area contributed by atoms with Crippen molar-refractivity contribution in [2.75, 3.05) is 33.9 Å². The Labute approximate surface area is 125 Å². The fourth-order valence-electron chi connectivity index (χ4n) is 1.53. The monoisotopic (exact) mass is 344 g/mol. The van der Waals surface area contributed by atoms with E-state index < -0.39 is 5.91 Å². The summed E-state index contributed by atoms with van der Waals surface area (Å²) in [5.74, 6) is -0.831. The summed E-state index contributed by atoms with van der Waals surface area (Å²) < 4.78 is 5.48. The quantitative estimate of drug-likeness (QED) is 0.754. The SMILES string of the molecule is COCCNC(=O)CN(C)C(=O)c1ccc(Br)cc1O. The van der Waals surface area contributed by atoms with Crippen molar-refractivity contribution in [1.82, 2.24) is 10.2 Å². The molecule has 0 bridgehead atoms. The average Bonchev–Trinajstić information content (AvgIpc) is 2.38. The van der Waals surface area contributed by atoms with Crippen molar-refractivity contribution < 1.29 is 19.4 Å². The number of nitrogens with one attached hydrogen (secondary N) is 1. The lowest BCUT2D eigenvalue weighted by atomic mass is 10.2. The Morgan fingerprint density at radius 1 is 1.45 bits per heavy atom. The first kappa shape index (κ1) is 16.5. The van der Waals surface area contributed by atoms with Crippen LogP contribution in [0.3, 0.4) is 0 Å². The summed E-state index contributed by atoms with van der Waals surface area (Å²) in [7, 11) is 3.04. The van der Waals surface area contributed by atoms with Gasteiger partial charge in [0, 0.05) is 25.2 Å². The van der Waals surface area contributed by atoms with Crippen LogP contribution in [0.5, 0.6) is 5.75 Å². The summed E-state index contributed by atoms with van der Waals surface area (Å²) in [4.78, 5) is 24.9. The van der Waals surface area contributed by atoms with Gasteiger partial charge in [0.25, 0.3) is 5.91 Å². The second-order valence-electron chi connectivity index (χ2n) is 4.17. The zero-order chi connectivity index (χ0) is 15.1. The summed E-state index contributed by atoms with van der Waals surface area (Å²) in [5, 5.41) is 12.3. The van der Waals surface area contributed by atoms with Gasteiger partial charge in [0.05, 0.1) is 18.7 Å². The number of nitrogens with zero attached hydrogens (tertiary/aromatic N) is 1. The van der Waals surface area contributed by atoms with E-state index in [1.54, 1.807) is 6.07 Å². The molecule has 0 radical (unpaired) electrons. The highest BCUT2D eigenvalue weighted by Crippen LogP contribution is 2.23. The van der Waals surface area contributed by atoms with Gasteiger partial charge in [0.15, 0.2) is 0 Å². The molecule has 7 heteroatoms. The van der Waals surface area contributed by atoms with Crippen LogP contribution in [0, 0.1) is 0 Å². The molecule has 0 saturated heterocycles. The summed E-state index contributed by atoms with van der Waals surface area (Å²) in [6.07, 6.45) is 0. The molecular weight excluding hydrogens is 328 g/mol. The molecule has 1 rings (SSSR count). The number of carbonyl (C=O) groups is 2. The molecule has 110 valence electrons. The number of methoxy groups -OCH3 is 1. The molecule has 0 spiro atoms. The van der Waals surface area contributed by atoms with Crippen molar-refractivity contribution in [3.8, 4) is 5.75 Å². The lowest BCUT2D eigenvalue weighted by Gasteiger charge is -2.17. The molecule has 0 aliphatic carbocycles. The van der Waals surface area contributed by atoms with Crippen LogP contribution >= 0.6 is 15.9 Å². The Morgan fingerprint density at radius 3 is 2.75 bits per heavy atom. The maximum atomic E-state index is 12.1. The number of hydrogen-bond acceptors (Lipinski definition) is 4. The van der Waals surface area contributed by atoms with Crippen LogP contribution in [0.15, 0.2) is 22.7 Å². The second-order valence-corrected chi connectivity index (χ2v) is 5.08. The number of phenols is 1. The van der Waals surface area contributed by atoms with Gasteiger partial charge in [-0.05, 0) is 18.2 Å². The molecule has 1 aromatic carbocycles. The maximum absolute atomic E-state index is 12.1. The minimum Gasteiger partial charge on any atom is -0.507 e. The zero-order valence-electron chi connectivity index (χ0n) is 11.4. The average molecular weight is 345 g/mol. The number of rotatable bonds is 6. The van der Waals surface area contributed by atoms with Crippen molar-refractivity contribution in [3.05, 3.63) is 28.2 Å². The highest BCUT2D eigenvalue weighted by molar-refractivity contribution is 9.10. The molecule has 0 unspecified atom stereocenters. The van der Waals surface area contributed by atoms with E-state index >= 15 is 0 Å². The maximum Gasteiger partial charge on any atom is 0.257 e. The Bertz CT molecular complexity index is 493. The molecule has 0 saturated carbocycles. The van der Waals surface area contributed by atoms with Crippen LogP contribution in [0.2, 0.25) is 0 Å². The number of hydrogen-bond donors (Lipinski definition) is 2. The number of carbonyl (C=O) groups excluding carboxylic acids is 2. The van der Waals surface area contributed by atoms with Gasteiger partial charge in [-0.15, -0.1) is 0 Å². The van der Waals surface area contributed by atoms with Gasteiger partial charge in [0.2, 0.25) is 5.91 Å².